The summed E-state index contributed by atoms with van der Waals surface area (Å²) in [5.41, 5.74) is 2.26. The summed E-state index contributed by atoms with van der Waals surface area (Å²) >= 11 is 0. The molecular weight excluding hydrogens is 240 g/mol. The van der Waals surface area contributed by atoms with E-state index in [-0.39, 0.29) is 0 Å². The van der Waals surface area contributed by atoms with E-state index in [2.05, 4.69) is 37.7 Å². The number of nitrogens with one attached hydrogen (secondary N) is 4. The van der Waals surface area contributed by atoms with E-state index in [0.717, 1.165) is 34.1 Å². The maximum atomic E-state index is 4.62. The predicted octanol–water partition coefficient (Wildman–Crippen LogP) is -0.704. The summed E-state index contributed by atoms with van der Waals surface area (Å²) in [5.74, 6) is 0.936. The van der Waals surface area contributed by atoms with Crippen LogP contribution >= 0.6 is 0 Å². The SMILES string of the molecule is CC1=c2/[nH]c(Cc3cn[nH]c3)n/c2=C/NCN/C=C\1. The Morgan fingerprint density at radius 3 is 3.11 bits per heavy atom. The third kappa shape index (κ3) is 2.52. The van der Waals surface area contributed by atoms with Crippen LogP contribution in [0.3, 0.4) is 0 Å². The molecule has 0 fully saturated rings. The Balaban J connectivity index is 2.05. The molecule has 0 saturated heterocycles. The summed E-state index contributed by atoms with van der Waals surface area (Å²) in [6, 6.07) is 0. The smallest absolute Gasteiger partial charge is 0.111 e. The van der Waals surface area contributed by atoms with Gasteiger partial charge in [0.25, 0.3) is 0 Å². The number of aromatic nitrogens is 4. The predicted molar refractivity (Wildman–Crippen MR) is 73.1 cm³/mol. The van der Waals surface area contributed by atoms with Gasteiger partial charge in [0, 0.05) is 18.8 Å². The van der Waals surface area contributed by atoms with E-state index < -0.39 is 0 Å². The van der Waals surface area contributed by atoms with Crippen molar-refractivity contribution >= 4 is 11.8 Å². The topological polar surface area (TPSA) is 81.4 Å². The molecule has 3 heterocycles. The summed E-state index contributed by atoms with van der Waals surface area (Å²) in [5, 5.41) is 15.1. The molecule has 0 amide bonds. The number of rotatable bonds is 2. The Morgan fingerprint density at radius 1 is 1.32 bits per heavy atom. The van der Waals surface area contributed by atoms with Crippen molar-refractivity contribution in [2.24, 2.45) is 0 Å². The summed E-state index contributed by atoms with van der Waals surface area (Å²) in [6.07, 6.45) is 10.3. The zero-order valence-electron chi connectivity index (χ0n) is 10.7. The fourth-order valence-electron chi connectivity index (χ4n) is 2.03. The van der Waals surface area contributed by atoms with Crippen LogP contribution < -0.4 is 21.3 Å². The number of fused-ring (bicyclic) bond motifs is 1. The van der Waals surface area contributed by atoms with E-state index in [1.807, 2.05) is 30.9 Å². The highest BCUT2D eigenvalue weighted by Gasteiger charge is 2.03. The zero-order valence-corrected chi connectivity index (χ0v) is 10.7. The van der Waals surface area contributed by atoms with Crippen LogP contribution in [0.5, 0.6) is 0 Å². The maximum absolute atomic E-state index is 4.62. The molecule has 1 aliphatic heterocycles. The molecule has 0 spiro atoms. The van der Waals surface area contributed by atoms with Crippen LogP contribution in [0.2, 0.25) is 0 Å². The van der Waals surface area contributed by atoms with Crippen molar-refractivity contribution in [2.45, 2.75) is 13.3 Å². The molecule has 19 heavy (non-hydrogen) atoms. The van der Waals surface area contributed by atoms with Crippen molar-refractivity contribution in [3.05, 3.63) is 46.8 Å². The van der Waals surface area contributed by atoms with Crippen molar-refractivity contribution in [2.75, 3.05) is 6.67 Å². The second-order valence-corrected chi connectivity index (χ2v) is 4.47. The number of H-pyrrole nitrogens is 2. The van der Waals surface area contributed by atoms with Gasteiger partial charge >= 0.3 is 0 Å². The van der Waals surface area contributed by atoms with Crippen LogP contribution in [0, 0.1) is 0 Å². The van der Waals surface area contributed by atoms with Gasteiger partial charge in [-0.05, 0) is 30.3 Å². The third-order valence-corrected chi connectivity index (χ3v) is 3.00. The minimum absolute atomic E-state index is 0.688. The van der Waals surface area contributed by atoms with E-state index in [1.165, 1.54) is 0 Å². The summed E-state index contributed by atoms with van der Waals surface area (Å²) in [6.45, 7) is 2.75. The molecule has 4 N–H and O–H groups in total. The Labute approximate surface area is 110 Å². The minimum atomic E-state index is 0.688. The van der Waals surface area contributed by atoms with Crippen molar-refractivity contribution in [3.63, 3.8) is 0 Å². The maximum Gasteiger partial charge on any atom is 0.111 e. The number of hydrogen-bond acceptors (Lipinski definition) is 4. The first-order valence-electron chi connectivity index (χ1n) is 6.20. The van der Waals surface area contributed by atoms with Gasteiger partial charge in [-0.25, -0.2) is 4.98 Å². The lowest BCUT2D eigenvalue weighted by Crippen LogP contribution is -2.30. The first-order chi connectivity index (χ1) is 9.33. The average Bonchev–Trinajstić information content (AvgIpc) is 3.03. The third-order valence-electron chi connectivity index (χ3n) is 3.00. The van der Waals surface area contributed by atoms with Gasteiger partial charge in [0.1, 0.15) is 11.2 Å². The molecule has 2 aromatic heterocycles. The van der Waals surface area contributed by atoms with Crippen LogP contribution in [0.4, 0.5) is 0 Å². The molecule has 0 aromatic carbocycles. The van der Waals surface area contributed by atoms with Gasteiger partial charge in [-0.2, -0.15) is 5.10 Å². The molecule has 0 atom stereocenters. The molecule has 0 radical (unpaired) electrons. The highest BCUT2D eigenvalue weighted by atomic mass is 15.1. The van der Waals surface area contributed by atoms with Crippen LogP contribution in [0.15, 0.2) is 24.7 Å². The molecule has 98 valence electrons. The number of aromatic amines is 2. The first kappa shape index (κ1) is 11.6. The van der Waals surface area contributed by atoms with Crippen molar-refractivity contribution in [1.29, 1.82) is 0 Å². The van der Waals surface area contributed by atoms with E-state index in [9.17, 15) is 0 Å². The van der Waals surface area contributed by atoms with Crippen LogP contribution in [0.1, 0.15) is 18.3 Å². The van der Waals surface area contributed by atoms with Gasteiger partial charge in [0.15, 0.2) is 0 Å². The fourth-order valence-corrected chi connectivity index (χ4v) is 2.03. The number of imidazole rings is 1. The molecule has 3 rings (SSSR count). The molecule has 0 unspecified atom stereocenters. The second-order valence-electron chi connectivity index (χ2n) is 4.47. The second kappa shape index (κ2) is 5.01. The van der Waals surface area contributed by atoms with Crippen LogP contribution in [-0.2, 0) is 6.42 Å². The van der Waals surface area contributed by atoms with Crippen LogP contribution in [0.25, 0.3) is 11.8 Å². The normalized spacial score (nSPS) is 20.8. The van der Waals surface area contributed by atoms with E-state index in [4.69, 9.17) is 0 Å². The summed E-state index contributed by atoms with van der Waals surface area (Å²) in [4.78, 5) is 8.00. The molecule has 0 bridgehead atoms. The zero-order chi connectivity index (χ0) is 13.1. The number of nitrogens with zero attached hydrogens (tertiary/aromatic N) is 2. The Morgan fingerprint density at radius 2 is 2.26 bits per heavy atom. The van der Waals surface area contributed by atoms with Crippen LogP contribution in [-0.4, -0.2) is 26.8 Å². The molecule has 0 aliphatic carbocycles. The Bertz CT molecular complexity index is 692. The first-order valence-corrected chi connectivity index (χ1v) is 6.20. The summed E-state index contributed by atoms with van der Waals surface area (Å²) < 4.78 is 0. The van der Waals surface area contributed by atoms with Crippen molar-refractivity contribution < 1.29 is 0 Å². The highest BCUT2D eigenvalue weighted by molar-refractivity contribution is 5.53. The molecular formula is C13H16N6. The molecule has 6 heteroatoms. The van der Waals surface area contributed by atoms with E-state index >= 15 is 0 Å². The Kier molecular flexibility index (Phi) is 3.06. The van der Waals surface area contributed by atoms with Crippen molar-refractivity contribution in [1.82, 2.24) is 30.8 Å². The largest absolute Gasteiger partial charge is 0.374 e. The molecule has 0 saturated carbocycles. The standard InChI is InChI=1S/C13H16N6/c1-9-2-3-14-8-15-7-11-13(9)19-12(18-11)4-10-5-16-17-6-10/h2-3,5-7,14-15H,4,8H2,1H3,(H,16,17)(H,18,19)/b3-2-,11-7+,13-9-. The number of allylic oxidation sites excluding steroid dienone is 1. The molecule has 1 aliphatic rings. The minimum Gasteiger partial charge on any atom is -0.374 e. The Hall–Kier alpha value is -2.50. The molecule has 6 nitrogen and oxygen atoms in total. The van der Waals surface area contributed by atoms with Gasteiger partial charge in [0.05, 0.1) is 18.2 Å². The molecule has 2 aromatic rings. The van der Waals surface area contributed by atoms with Gasteiger partial charge in [-0.3, -0.25) is 5.10 Å². The van der Waals surface area contributed by atoms with E-state index in [1.54, 1.807) is 0 Å². The number of hydrogen-bond donors (Lipinski definition) is 4. The van der Waals surface area contributed by atoms with Gasteiger partial charge in [-0.1, -0.05) is 0 Å². The lowest BCUT2D eigenvalue weighted by molar-refractivity contribution is 0.795. The van der Waals surface area contributed by atoms with Gasteiger partial charge in [0.2, 0.25) is 0 Å². The van der Waals surface area contributed by atoms with Gasteiger partial charge in [-0.15, -0.1) is 0 Å². The fraction of sp³-hybridized carbons (Fsp3) is 0.231. The monoisotopic (exact) mass is 256 g/mol. The quantitative estimate of drug-likeness (QED) is 0.572. The van der Waals surface area contributed by atoms with Crippen molar-refractivity contribution in [3.8, 4) is 0 Å². The average molecular weight is 256 g/mol. The lowest BCUT2D eigenvalue weighted by atomic mass is 10.2. The lowest BCUT2D eigenvalue weighted by Gasteiger charge is -1.97. The highest BCUT2D eigenvalue weighted by Crippen LogP contribution is 2.00. The van der Waals surface area contributed by atoms with E-state index in [0.29, 0.717) is 6.67 Å². The summed E-state index contributed by atoms with van der Waals surface area (Å²) in [7, 11) is 0. The van der Waals surface area contributed by atoms with Gasteiger partial charge < -0.3 is 15.6 Å².